The highest BCUT2D eigenvalue weighted by atomic mass is 35.5. The Balaban J connectivity index is 2.35. The van der Waals surface area contributed by atoms with E-state index in [1.165, 1.54) is 6.42 Å². The van der Waals surface area contributed by atoms with E-state index in [1.54, 1.807) is 6.07 Å². The summed E-state index contributed by atoms with van der Waals surface area (Å²) >= 11 is 6.00. The molecule has 4 heteroatoms. The van der Waals surface area contributed by atoms with Crippen LogP contribution in [0.3, 0.4) is 0 Å². The molecule has 0 aromatic carbocycles. The van der Waals surface area contributed by atoms with Gasteiger partial charge in [-0.05, 0) is 36.6 Å². The lowest BCUT2D eigenvalue weighted by molar-refractivity contribution is 0.735. The number of nitrogens with one attached hydrogen (secondary N) is 1. The fourth-order valence-electron chi connectivity index (χ4n) is 2.41. The standard InChI is InChI=1S/C19H24ClN3/c1-4-6-10-21-13-16(14(3)7-5-2)15-11-18-17(22-12-15)8-9-19(20)23-18/h8-9,11-13,21H,3-7,10H2,1-2H3/b16-13+. The highest BCUT2D eigenvalue weighted by Crippen LogP contribution is 2.26. The Morgan fingerprint density at radius 3 is 2.83 bits per heavy atom. The van der Waals surface area contributed by atoms with E-state index in [0.29, 0.717) is 5.15 Å². The van der Waals surface area contributed by atoms with Crippen molar-refractivity contribution in [2.75, 3.05) is 6.54 Å². The van der Waals surface area contributed by atoms with E-state index in [-0.39, 0.29) is 0 Å². The highest BCUT2D eigenvalue weighted by Gasteiger charge is 2.08. The molecule has 2 heterocycles. The van der Waals surface area contributed by atoms with Gasteiger partial charge in [0.05, 0.1) is 11.0 Å². The van der Waals surface area contributed by atoms with Crippen LogP contribution >= 0.6 is 11.6 Å². The monoisotopic (exact) mass is 329 g/mol. The molecule has 0 amide bonds. The lowest BCUT2D eigenvalue weighted by atomic mass is 9.97. The lowest BCUT2D eigenvalue weighted by Gasteiger charge is -2.12. The van der Waals surface area contributed by atoms with Crippen LogP contribution in [0, 0.1) is 0 Å². The fraction of sp³-hybridized carbons (Fsp3) is 0.368. The number of aromatic nitrogens is 2. The molecule has 3 nitrogen and oxygen atoms in total. The zero-order valence-corrected chi connectivity index (χ0v) is 14.7. The average molecular weight is 330 g/mol. The first-order chi connectivity index (χ1) is 11.2. The third-order valence-corrected chi connectivity index (χ3v) is 3.88. The van der Waals surface area contributed by atoms with Crippen LogP contribution in [0.5, 0.6) is 0 Å². The third-order valence-electron chi connectivity index (χ3n) is 3.67. The molecule has 0 fully saturated rings. The molecule has 122 valence electrons. The van der Waals surface area contributed by atoms with Crippen molar-refractivity contribution in [1.29, 1.82) is 0 Å². The van der Waals surface area contributed by atoms with Crippen molar-refractivity contribution in [1.82, 2.24) is 15.3 Å². The molecule has 23 heavy (non-hydrogen) atoms. The van der Waals surface area contributed by atoms with Gasteiger partial charge < -0.3 is 5.32 Å². The Bertz CT molecular complexity index is 707. The Hall–Kier alpha value is -1.87. The summed E-state index contributed by atoms with van der Waals surface area (Å²) in [6.07, 6.45) is 8.29. The number of nitrogens with zero attached hydrogens (tertiary/aromatic N) is 2. The van der Waals surface area contributed by atoms with Crippen LogP contribution in [-0.2, 0) is 0 Å². The number of unbranched alkanes of at least 4 members (excludes halogenated alkanes) is 1. The second-order valence-corrected chi connectivity index (χ2v) is 6.00. The molecular weight excluding hydrogens is 306 g/mol. The van der Waals surface area contributed by atoms with Gasteiger partial charge in [0.25, 0.3) is 0 Å². The van der Waals surface area contributed by atoms with Gasteiger partial charge in [0.2, 0.25) is 0 Å². The summed E-state index contributed by atoms with van der Waals surface area (Å²) in [5.74, 6) is 0. The van der Waals surface area contributed by atoms with Crippen molar-refractivity contribution >= 4 is 28.2 Å². The van der Waals surface area contributed by atoms with Crippen molar-refractivity contribution in [3.63, 3.8) is 0 Å². The fourth-order valence-corrected chi connectivity index (χ4v) is 2.56. The van der Waals surface area contributed by atoms with Gasteiger partial charge in [-0.2, -0.15) is 0 Å². The number of rotatable bonds is 8. The Morgan fingerprint density at radius 1 is 1.26 bits per heavy atom. The second kappa shape index (κ2) is 8.68. The minimum absolute atomic E-state index is 0.482. The number of hydrogen-bond donors (Lipinski definition) is 1. The lowest BCUT2D eigenvalue weighted by Crippen LogP contribution is -2.08. The summed E-state index contributed by atoms with van der Waals surface area (Å²) in [4.78, 5) is 8.86. The van der Waals surface area contributed by atoms with Crippen LogP contribution in [0.15, 0.2) is 42.7 Å². The maximum atomic E-state index is 6.00. The topological polar surface area (TPSA) is 37.8 Å². The highest BCUT2D eigenvalue weighted by molar-refractivity contribution is 6.29. The molecule has 0 aliphatic rings. The second-order valence-electron chi connectivity index (χ2n) is 5.62. The first kappa shape index (κ1) is 17.5. The summed E-state index contributed by atoms with van der Waals surface area (Å²) in [5, 5.41) is 3.87. The maximum absolute atomic E-state index is 6.00. The molecular formula is C19H24ClN3. The predicted molar refractivity (Wildman–Crippen MR) is 99.5 cm³/mol. The van der Waals surface area contributed by atoms with Gasteiger partial charge in [-0.25, -0.2) is 4.98 Å². The molecule has 0 spiro atoms. The third kappa shape index (κ3) is 4.80. The van der Waals surface area contributed by atoms with E-state index < -0.39 is 0 Å². The van der Waals surface area contributed by atoms with E-state index >= 15 is 0 Å². The van der Waals surface area contributed by atoms with E-state index in [4.69, 9.17) is 11.6 Å². The number of halogens is 1. The zero-order chi connectivity index (χ0) is 16.7. The first-order valence-corrected chi connectivity index (χ1v) is 8.57. The molecule has 0 bridgehead atoms. The average Bonchev–Trinajstić information content (AvgIpc) is 2.54. The van der Waals surface area contributed by atoms with Gasteiger partial charge in [0, 0.05) is 30.1 Å². The van der Waals surface area contributed by atoms with Crippen LogP contribution in [0.25, 0.3) is 16.6 Å². The molecule has 2 aromatic rings. The smallest absolute Gasteiger partial charge is 0.129 e. The largest absolute Gasteiger partial charge is 0.390 e. The predicted octanol–water partition coefficient (Wildman–Crippen LogP) is 5.37. The van der Waals surface area contributed by atoms with Crippen LogP contribution in [-0.4, -0.2) is 16.5 Å². The normalized spacial score (nSPS) is 11.7. The number of pyridine rings is 2. The molecule has 0 saturated carbocycles. The number of hydrogen-bond acceptors (Lipinski definition) is 3. The van der Waals surface area contributed by atoms with E-state index in [1.807, 2.05) is 18.3 Å². The summed E-state index contributed by atoms with van der Waals surface area (Å²) in [6, 6.07) is 5.68. The van der Waals surface area contributed by atoms with Crippen molar-refractivity contribution in [3.8, 4) is 0 Å². The van der Waals surface area contributed by atoms with Crippen LogP contribution in [0.2, 0.25) is 5.15 Å². The van der Waals surface area contributed by atoms with Gasteiger partial charge in [0.1, 0.15) is 5.15 Å². The number of fused-ring (bicyclic) bond motifs is 1. The van der Waals surface area contributed by atoms with Gasteiger partial charge in [-0.1, -0.05) is 44.9 Å². The van der Waals surface area contributed by atoms with Gasteiger partial charge in [0.15, 0.2) is 0 Å². The summed E-state index contributed by atoms with van der Waals surface area (Å²) in [7, 11) is 0. The molecule has 0 atom stereocenters. The van der Waals surface area contributed by atoms with E-state index in [2.05, 4.69) is 41.9 Å². The van der Waals surface area contributed by atoms with E-state index in [9.17, 15) is 0 Å². The molecule has 0 aliphatic carbocycles. The molecule has 0 aliphatic heterocycles. The molecule has 1 N–H and O–H groups in total. The molecule has 0 saturated heterocycles. The van der Waals surface area contributed by atoms with Crippen LogP contribution in [0.1, 0.15) is 45.1 Å². The number of allylic oxidation sites excluding steroid dienone is 2. The van der Waals surface area contributed by atoms with Crippen molar-refractivity contribution in [3.05, 3.63) is 53.5 Å². The first-order valence-electron chi connectivity index (χ1n) is 8.20. The quantitative estimate of drug-likeness (QED) is 0.402. The zero-order valence-electron chi connectivity index (χ0n) is 13.9. The maximum Gasteiger partial charge on any atom is 0.129 e. The molecule has 0 unspecified atom stereocenters. The molecule has 0 radical (unpaired) electrons. The summed E-state index contributed by atoms with van der Waals surface area (Å²) < 4.78 is 0. The van der Waals surface area contributed by atoms with E-state index in [0.717, 1.165) is 53.6 Å². The summed E-state index contributed by atoms with van der Waals surface area (Å²) in [5.41, 5.74) is 4.88. The summed E-state index contributed by atoms with van der Waals surface area (Å²) in [6.45, 7) is 9.54. The molecule has 2 rings (SSSR count). The van der Waals surface area contributed by atoms with Gasteiger partial charge in [-0.3, -0.25) is 4.98 Å². The SMILES string of the molecule is C=C(CCC)/C(=C\NCCCC)c1cnc2ccc(Cl)nc2c1. The Labute approximate surface area is 143 Å². The molecule has 2 aromatic heterocycles. The van der Waals surface area contributed by atoms with Crippen molar-refractivity contribution in [2.24, 2.45) is 0 Å². The van der Waals surface area contributed by atoms with Crippen molar-refractivity contribution in [2.45, 2.75) is 39.5 Å². The van der Waals surface area contributed by atoms with Gasteiger partial charge >= 0.3 is 0 Å². The Morgan fingerprint density at radius 2 is 2.09 bits per heavy atom. The van der Waals surface area contributed by atoms with Crippen molar-refractivity contribution < 1.29 is 0 Å². The van der Waals surface area contributed by atoms with Crippen LogP contribution < -0.4 is 5.32 Å². The van der Waals surface area contributed by atoms with Crippen LogP contribution in [0.4, 0.5) is 0 Å². The minimum Gasteiger partial charge on any atom is -0.390 e. The minimum atomic E-state index is 0.482. The Kier molecular flexibility index (Phi) is 6.60. The van der Waals surface area contributed by atoms with Gasteiger partial charge in [-0.15, -0.1) is 0 Å².